The van der Waals surface area contributed by atoms with Crippen molar-refractivity contribution in [3.8, 4) is 0 Å². The van der Waals surface area contributed by atoms with Gasteiger partial charge in [-0.3, -0.25) is 9.59 Å². The van der Waals surface area contributed by atoms with E-state index >= 15 is 0 Å². The van der Waals surface area contributed by atoms with Crippen LogP contribution in [0.1, 0.15) is 57.1 Å². The molecule has 0 heterocycles. The molecule has 0 radical (unpaired) electrons. The average Bonchev–Trinajstić information content (AvgIpc) is 2.59. The molecule has 26 heavy (non-hydrogen) atoms. The number of esters is 1. The molecule has 4 saturated carbocycles. The monoisotopic (exact) mass is 359 g/mol. The SMILES string of the molecule is C[C@@H](NC(=O)COC(=O)C12CC3CC(CC(C3)C1)C2)c1ccc(F)cc1. The van der Waals surface area contributed by atoms with Crippen molar-refractivity contribution < 1.29 is 18.7 Å². The van der Waals surface area contributed by atoms with E-state index in [2.05, 4.69) is 5.32 Å². The molecule has 0 spiro atoms. The second kappa shape index (κ2) is 6.67. The minimum atomic E-state index is -0.336. The summed E-state index contributed by atoms with van der Waals surface area (Å²) in [4.78, 5) is 24.9. The molecule has 0 unspecified atom stereocenters. The number of carbonyl (C=O) groups excluding carboxylic acids is 2. The van der Waals surface area contributed by atoms with Crippen LogP contribution in [-0.2, 0) is 14.3 Å². The molecule has 0 aromatic heterocycles. The molecule has 0 aliphatic heterocycles. The molecule has 0 saturated heterocycles. The Labute approximate surface area is 153 Å². The molecular formula is C21H26FNO3. The third-order valence-corrected chi connectivity index (χ3v) is 6.55. The van der Waals surface area contributed by atoms with Crippen molar-refractivity contribution >= 4 is 11.9 Å². The second-order valence-electron chi connectivity index (χ2n) is 8.61. The van der Waals surface area contributed by atoms with Gasteiger partial charge in [-0.25, -0.2) is 4.39 Å². The zero-order valence-electron chi connectivity index (χ0n) is 15.2. The lowest BCUT2D eigenvalue weighted by Crippen LogP contribution is -2.51. The lowest BCUT2D eigenvalue weighted by atomic mass is 9.49. The van der Waals surface area contributed by atoms with Crippen molar-refractivity contribution in [1.29, 1.82) is 0 Å². The number of rotatable bonds is 5. The molecule has 1 aromatic carbocycles. The number of nitrogens with one attached hydrogen (secondary N) is 1. The third-order valence-electron chi connectivity index (χ3n) is 6.55. The van der Waals surface area contributed by atoms with Gasteiger partial charge in [0.25, 0.3) is 5.91 Å². The lowest BCUT2D eigenvalue weighted by molar-refractivity contribution is -0.173. The summed E-state index contributed by atoms with van der Waals surface area (Å²) < 4.78 is 18.4. The van der Waals surface area contributed by atoms with E-state index < -0.39 is 0 Å². The molecule has 1 atom stereocenters. The van der Waals surface area contributed by atoms with E-state index in [0.29, 0.717) is 17.8 Å². The van der Waals surface area contributed by atoms with E-state index in [4.69, 9.17) is 4.74 Å². The summed E-state index contributed by atoms with van der Waals surface area (Å²) in [5.74, 6) is 1.20. The first-order chi connectivity index (χ1) is 12.4. The van der Waals surface area contributed by atoms with Crippen LogP contribution in [0.4, 0.5) is 4.39 Å². The first kappa shape index (κ1) is 17.5. The summed E-state index contributed by atoms with van der Waals surface area (Å²) in [6.07, 6.45) is 6.61. The molecule has 4 aliphatic rings. The maximum absolute atomic E-state index is 13.0. The highest BCUT2D eigenvalue weighted by Crippen LogP contribution is 2.60. The first-order valence-corrected chi connectivity index (χ1v) is 9.65. The number of hydrogen-bond acceptors (Lipinski definition) is 3. The zero-order valence-corrected chi connectivity index (χ0v) is 15.2. The van der Waals surface area contributed by atoms with Crippen LogP contribution in [0.15, 0.2) is 24.3 Å². The molecule has 5 rings (SSSR count). The average molecular weight is 359 g/mol. The smallest absolute Gasteiger partial charge is 0.312 e. The van der Waals surface area contributed by atoms with Gasteiger partial charge in [0.2, 0.25) is 0 Å². The van der Waals surface area contributed by atoms with Crippen molar-refractivity contribution in [2.45, 2.75) is 51.5 Å². The Morgan fingerprint density at radius 2 is 1.65 bits per heavy atom. The number of benzene rings is 1. The number of carbonyl (C=O) groups is 2. The van der Waals surface area contributed by atoms with E-state index in [1.807, 2.05) is 6.92 Å². The van der Waals surface area contributed by atoms with Crippen LogP contribution in [0, 0.1) is 29.0 Å². The molecule has 4 aliphatic carbocycles. The third kappa shape index (κ3) is 3.36. The van der Waals surface area contributed by atoms with Crippen LogP contribution in [0.2, 0.25) is 0 Å². The molecule has 4 bridgehead atoms. The minimum Gasteiger partial charge on any atom is -0.455 e. The molecule has 4 fully saturated rings. The molecular weight excluding hydrogens is 333 g/mol. The van der Waals surface area contributed by atoms with E-state index in [-0.39, 0.29) is 35.8 Å². The highest BCUT2D eigenvalue weighted by Gasteiger charge is 2.55. The maximum atomic E-state index is 13.0. The zero-order chi connectivity index (χ0) is 18.3. The fourth-order valence-corrected chi connectivity index (χ4v) is 5.76. The minimum absolute atomic E-state index is 0.179. The fourth-order valence-electron chi connectivity index (χ4n) is 5.76. The van der Waals surface area contributed by atoms with Crippen molar-refractivity contribution in [2.24, 2.45) is 23.2 Å². The van der Waals surface area contributed by atoms with Gasteiger partial charge in [-0.1, -0.05) is 12.1 Å². The largest absolute Gasteiger partial charge is 0.455 e. The predicted octanol–water partition coefficient (Wildman–Crippen LogP) is 3.76. The molecule has 5 heteroatoms. The normalized spacial score (nSPS) is 32.9. The Kier molecular flexibility index (Phi) is 4.49. The van der Waals surface area contributed by atoms with Crippen molar-refractivity contribution in [3.63, 3.8) is 0 Å². The van der Waals surface area contributed by atoms with Gasteiger partial charge in [0.1, 0.15) is 5.82 Å². The van der Waals surface area contributed by atoms with Crippen molar-refractivity contribution in [3.05, 3.63) is 35.6 Å². The number of amides is 1. The standard InChI is InChI=1S/C21H26FNO3/c1-13(17-2-4-18(22)5-3-17)23-19(24)12-26-20(25)21-9-14-6-15(10-21)8-16(7-14)11-21/h2-5,13-16H,6-12H2,1H3,(H,23,24)/t13-,14?,15?,16?,21?/m1/s1. The van der Waals surface area contributed by atoms with E-state index in [9.17, 15) is 14.0 Å². The Balaban J connectivity index is 1.30. The molecule has 1 N–H and O–H groups in total. The quantitative estimate of drug-likeness (QED) is 0.815. The van der Waals surface area contributed by atoms with Crippen molar-refractivity contribution in [2.75, 3.05) is 6.61 Å². The number of ether oxygens (including phenoxy) is 1. The summed E-state index contributed by atoms with van der Waals surface area (Å²) >= 11 is 0. The van der Waals surface area contributed by atoms with Gasteiger partial charge in [0.05, 0.1) is 11.5 Å². The Morgan fingerprint density at radius 3 is 2.19 bits per heavy atom. The van der Waals surface area contributed by atoms with Crippen LogP contribution in [0.3, 0.4) is 0 Å². The van der Waals surface area contributed by atoms with Gasteiger partial charge < -0.3 is 10.1 Å². The summed E-state index contributed by atoms with van der Waals surface area (Å²) in [6.45, 7) is 1.58. The van der Waals surface area contributed by atoms with Gasteiger partial charge in [0.15, 0.2) is 6.61 Å². The predicted molar refractivity (Wildman–Crippen MR) is 94.5 cm³/mol. The van der Waals surface area contributed by atoms with Crippen molar-refractivity contribution in [1.82, 2.24) is 5.32 Å². The van der Waals surface area contributed by atoms with Gasteiger partial charge in [-0.15, -0.1) is 0 Å². The highest BCUT2D eigenvalue weighted by molar-refractivity contribution is 5.83. The van der Waals surface area contributed by atoms with E-state index in [1.165, 1.54) is 31.4 Å². The maximum Gasteiger partial charge on any atom is 0.312 e. The summed E-state index contributed by atoms with van der Waals surface area (Å²) in [7, 11) is 0. The van der Waals surface area contributed by atoms with Crippen LogP contribution in [-0.4, -0.2) is 18.5 Å². The Morgan fingerprint density at radius 1 is 1.12 bits per heavy atom. The fraction of sp³-hybridized carbons (Fsp3) is 0.619. The summed E-state index contributed by atoms with van der Waals surface area (Å²) in [5, 5.41) is 2.81. The van der Waals surface area contributed by atoms with Crippen LogP contribution < -0.4 is 5.32 Å². The van der Waals surface area contributed by atoms with E-state index in [1.54, 1.807) is 12.1 Å². The van der Waals surface area contributed by atoms with Gasteiger partial charge in [0, 0.05) is 0 Å². The van der Waals surface area contributed by atoms with Gasteiger partial charge in [-0.05, 0) is 80.9 Å². The topological polar surface area (TPSA) is 55.4 Å². The summed E-state index contributed by atoms with van der Waals surface area (Å²) in [5.41, 5.74) is 0.476. The first-order valence-electron chi connectivity index (χ1n) is 9.65. The molecule has 4 nitrogen and oxygen atoms in total. The van der Waals surface area contributed by atoms with Crippen LogP contribution >= 0.6 is 0 Å². The lowest BCUT2D eigenvalue weighted by Gasteiger charge is -2.55. The van der Waals surface area contributed by atoms with Gasteiger partial charge >= 0.3 is 5.97 Å². The van der Waals surface area contributed by atoms with Crippen LogP contribution in [0.25, 0.3) is 0 Å². The number of halogens is 1. The second-order valence-corrected chi connectivity index (χ2v) is 8.61. The Hall–Kier alpha value is -1.91. The summed E-state index contributed by atoms with van der Waals surface area (Å²) in [6, 6.07) is 5.75. The van der Waals surface area contributed by atoms with Crippen LogP contribution in [0.5, 0.6) is 0 Å². The highest BCUT2D eigenvalue weighted by atomic mass is 19.1. The molecule has 1 aromatic rings. The van der Waals surface area contributed by atoms with E-state index in [0.717, 1.165) is 24.8 Å². The molecule has 1 amide bonds. The molecule has 140 valence electrons. The van der Waals surface area contributed by atoms with Gasteiger partial charge in [-0.2, -0.15) is 0 Å². The Bertz CT molecular complexity index is 664. The number of hydrogen-bond donors (Lipinski definition) is 1.